The van der Waals surface area contributed by atoms with Gasteiger partial charge in [0.15, 0.2) is 0 Å². The highest BCUT2D eigenvalue weighted by molar-refractivity contribution is 7.18. The molecule has 1 aliphatic carbocycles. The highest BCUT2D eigenvalue weighted by atomic mass is 35.5. The Bertz CT molecular complexity index is 999. The van der Waals surface area contributed by atoms with Crippen LogP contribution in [0.5, 0.6) is 0 Å². The molecule has 1 spiro atoms. The molecule has 3 heterocycles. The standard InChI is InChI=1S/C20H24ClF3N4O2S/c1-18(2,3)30-17(29)25-11-4-5-19(7-11)9-28(10-19)14-13-6-12(8-20(22,23)24)31-15(13)27-16(21)26-14/h6,11H,4-5,7-10H2,1-3H3,(H,25,29). The van der Waals surface area contributed by atoms with Crippen LogP contribution in [0.1, 0.15) is 44.9 Å². The van der Waals surface area contributed by atoms with Crippen molar-refractivity contribution in [3.8, 4) is 0 Å². The van der Waals surface area contributed by atoms with Crippen LogP contribution in [0.15, 0.2) is 6.07 Å². The van der Waals surface area contributed by atoms with E-state index in [1.807, 2.05) is 25.7 Å². The Morgan fingerprint density at radius 1 is 1.35 bits per heavy atom. The second kappa shape index (κ2) is 7.65. The van der Waals surface area contributed by atoms with Gasteiger partial charge in [-0.3, -0.25) is 0 Å². The van der Waals surface area contributed by atoms with Gasteiger partial charge < -0.3 is 15.0 Å². The van der Waals surface area contributed by atoms with E-state index in [-0.39, 0.29) is 21.6 Å². The van der Waals surface area contributed by atoms with Gasteiger partial charge in [0, 0.05) is 29.4 Å². The van der Waals surface area contributed by atoms with Crippen molar-refractivity contribution in [2.24, 2.45) is 5.41 Å². The summed E-state index contributed by atoms with van der Waals surface area (Å²) in [6.45, 7) is 6.90. The number of carbonyl (C=O) groups is 1. The average Bonchev–Trinajstić information content (AvgIpc) is 3.12. The van der Waals surface area contributed by atoms with Crippen molar-refractivity contribution in [3.05, 3.63) is 16.2 Å². The molecule has 1 saturated carbocycles. The molecule has 1 aliphatic heterocycles. The molecule has 4 rings (SSSR count). The van der Waals surface area contributed by atoms with Crippen molar-refractivity contribution in [1.29, 1.82) is 0 Å². The number of amides is 1. The highest BCUT2D eigenvalue weighted by Crippen LogP contribution is 2.48. The van der Waals surface area contributed by atoms with Crippen LogP contribution in [0.2, 0.25) is 5.28 Å². The van der Waals surface area contributed by atoms with Gasteiger partial charge in [0.05, 0.1) is 11.8 Å². The molecule has 0 radical (unpaired) electrons. The number of thiophene rings is 1. The van der Waals surface area contributed by atoms with E-state index in [4.69, 9.17) is 16.3 Å². The zero-order valence-corrected chi connectivity index (χ0v) is 19.0. The number of nitrogens with zero attached hydrogens (tertiary/aromatic N) is 3. The molecular formula is C20H24ClF3N4O2S. The number of alkyl carbamates (subject to hydrolysis) is 1. The predicted octanol–water partition coefficient (Wildman–Crippen LogP) is 5.33. The van der Waals surface area contributed by atoms with Gasteiger partial charge in [0.25, 0.3) is 0 Å². The lowest BCUT2D eigenvalue weighted by Gasteiger charge is -2.49. The van der Waals surface area contributed by atoms with Crippen LogP contribution in [0.25, 0.3) is 10.2 Å². The maximum Gasteiger partial charge on any atom is 0.407 e. The molecule has 0 bridgehead atoms. The molecule has 1 atom stereocenters. The molecule has 11 heteroatoms. The number of alkyl halides is 3. The lowest BCUT2D eigenvalue weighted by molar-refractivity contribution is -0.126. The minimum atomic E-state index is -4.28. The molecule has 2 aromatic heterocycles. The first-order valence-electron chi connectivity index (χ1n) is 10.1. The molecule has 1 unspecified atom stereocenters. The van der Waals surface area contributed by atoms with Crippen LogP contribution < -0.4 is 10.2 Å². The second-order valence-corrected chi connectivity index (χ2v) is 10.9. The lowest BCUT2D eigenvalue weighted by atomic mass is 9.78. The number of hydrogen-bond acceptors (Lipinski definition) is 6. The fourth-order valence-electron chi connectivity index (χ4n) is 4.46. The molecule has 2 fully saturated rings. The maximum absolute atomic E-state index is 12.8. The summed E-state index contributed by atoms with van der Waals surface area (Å²) in [5, 5.41) is 3.58. The van der Waals surface area contributed by atoms with Crippen molar-refractivity contribution in [2.75, 3.05) is 18.0 Å². The summed E-state index contributed by atoms with van der Waals surface area (Å²) < 4.78 is 43.7. The third kappa shape index (κ3) is 5.16. The SMILES string of the molecule is CC(C)(C)OC(=O)NC1CCC2(C1)CN(c1nc(Cl)nc3sc(CC(F)(F)F)cc13)C2. The minimum Gasteiger partial charge on any atom is -0.444 e. The van der Waals surface area contributed by atoms with Crippen LogP contribution in [0, 0.1) is 5.41 Å². The Kier molecular flexibility index (Phi) is 5.53. The first kappa shape index (κ1) is 22.4. The Labute approximate surface area is 187 Å². The first-order valence-corrected chi connectivity index (χ1v) is 11.3. The van der Waals surface area contributed by atoms with Gasteiger partial charge in [0.2, 0.25) is 5.28 Å². The Morgan fingerprint density at radius 3 is 2.71 bits per heavy atom. The third-order valence-corrected chi connectivity index (χ3v) is 6.74. The van der Waals surface area contributed by atoms with Gasteiger partial charge in [0.1, 0.15) is 16.2 Å². The number of anilines is 1. The van der Waals surface area contributed by atoms with E-state index < -0.39 is 24.3 Å². The summed E-state index contributed by atoms with van der Waals surface area (Å²) in [4.78, 5) is 23.2. The molecule has 170 valence electrons. The van der Waals surface area contributed by atoms with Crippen molar-refractivity contribution >= 4 is 45.1 Å². The number of hydrogen-bond donors (Lipinski definition) is 1. The summed E-state index contributed by atoms with van der Waals surface area (Å²) in [6.07, 6.45) is -3.04. The molecule has 1 N–H and O–H groups in total. The second-order valence-electron chi connectivity index (χ2n) is 9.48. The molecule has 2 aliphatic rings. The number of ether oxygens (including phenoxy) is 1. The summed E-state index contributed by atoms with van der Waals surface area (Å²) >= 11 is 7.05. The molecule has 2 aromatic rings. The van der Waals surface area contributed by atoms with Crippen LogP contribution in [0.3, 0.4) is 0 Å². The van der Waals surface area contributed by atoms with Gasteiger partial charge in [-0.2, -0.15) is 18.2 Å². The normalized spacial score (nSPS) is 20.9. The third-order valence-electron chi connectivity index (χ3n) is 5.55. The monoisotopic (exact) mass is 476 g/mol. The van der Waals surface area contributed by atoms with Crippen molar-refractivity contribution in [3.63, 3.8) is 0 Å². The van der Waals surface area contributed by atoms with Crippen molar-refractivity contribution < 1.29 is 22.7 Å². The quantitative estimate of drug-likeness (QED) is 0.606. The number of fused-ring (bicyclic) bond motifs is 1. The summed E-state index contributed by atoms with van der Waals surface area (Å²) in [6, 6.07) is 1.57. The Morgan fingerprint density at radius 2 is 2.06 bits per heavy atom. The van der Waals surface area contributed by atoms with Crippen LogP contribution in [0.4, 0.5) is 23.8 Å². The predicted molar refractivity (Wildman–Crippen MR) is 114 cm³/mol. The fourth-order valence-corrected chi connectivity index (χ4v) is 5.73. The number of nitrogens with one attached hydrogen (secondary N) is 1. The van der Waals surface area contributed by atoms with Gasteiger partial charge in [-0.25, -0.2) is 9.78 Å². The maximum atomic E-state index is 12.8. The van der Waals surface area contributed by atoms with E-state index in [2.05, 4.69) is 15.3 Å². The van der Waals surface area contributed by atoms with Crippen molar-refractivity contribution in [2.45, 2.75) is 64.3 Å². The molecule has 31 heavy (non-hydrogen) atoms. The zero-order valence-electron chi connectivity index (χ0n) is 17.5. The van der Waals surface area contributed by atoms with E-state index in [1.54, 1.807) is 0 Å². The molecule has 0 aromatic carbocycles. The number of aromatic nitrogens is 2. The van der Waals surface area contributed by atoms with E-state index >= 15 is 0 Å². The molecule has 1 saturated heterocycles. The first-order chi connectivity index (χ1) is 14.3. The number of halogens is 4. The van der Waals surface area contributed by atoms with E-state index in [0.29, 0.717) is 29.1 Å². The van der Waals surface area contributed by atoms with Crippen molar-refractivity contribution in [1.82, 2.24) is 15.3 Å². The highest BCUT2D eigenvalue weighted by Gasteiger charge is 2.49. The summed E-state index contributed by atoms with van der Waals surface area (Å²) in [5.74, 6) is 0.578. The van der Waals surface area contributed by atoms with E-state index in [9.17, 15) is 18.0 Å². The van der Waals surface area contributed by atoms with Gasteiger partial charge in [-0.05, 0) is 57.7 Å². The van der Waals surface area contributed by atoms with E-state index in [0.717, 1.165) is 30.6 Å². The minimum absolute atomic E-state index is 0.0275. The molecular weight excluding hydrogens is 453 g/mol. The average molecular weight is 477 g/mol. The number of carbonyl (C=O) groups excluding carboxylic acids is 1. The van der Waals surface area contributed by atoms with Crippen LogP contribution in [-0.2, 0) is 11.2 Å². The smallest absolute Gasteiger partial charge is 0.407 e. The summed E-state index contributed by atoms with van der Waals surface area (Å²) in [7, 11) is 0. The lowest BCUT2D eigenvalue weighted by Crippen LogP contribution is -2.56. The topological polar surface area (TPSA) is 67.3 Å². The van der Waals surface area contributed by atoms with E-state index in [1.165, 1.54) is 6.07 Å². The number of rotatable bonds is 3. The fraction of sp³-hybridized carbons (Fsp3) is 0.650. The molecule has 1 amide bonds. The Balaban J connectivity index is 1.43. The van der Waals surface area contributed by atoms with Gasteiger partial charge in [-0.1, -0.05) is 0 Å². The molecule has 6 nitrogen and oxygen atoms in total. The summed E-state index contributed by atoms with van der Waals surface area (Å²) in [5.41, 5.74) is -0.495. The van der Waals surface area contributed by atoms with Crippen LogP contribution in [-0.4, -0.2) is 47.0 Å². The van der Waals surface area contributed by atoms with Gasteiger partial charge >= 0.3 is 12.3 Å². The van der Waals surface area contributed by atoms with Crippen LogP contribution >= 0.6 is 22.9 Å². The largest absolute Gasteiger partial charge is 0.444 e. The zero-order chi connectivity index (χ0) is 22.6. The Hall–Kier alpha value is -1.81. The van der Waals surface area contributed by atoms with Gasteiger partial charge in [-0.15, -0.1) is 11.3 Å².